The molecule has 2 N–H and O–H groups in total. The summed E-state index contributed by atoms with van der Waals surface area (Å²) < 4.78 is 25.7. The number of fused-ring (bicyclic) bond motifs is 1. The number of halogens is 1. The molecule has 0 saturated carbocycles. The minimum atomic E-state index is -1.74. The molecule has 5 aromatic rings. The summed E-state index contributed by atoms with van der Waals surface area (Å²) in [6.45, 7) is 1.19. The van der Waals surface area contributed by atoms with Crippen molar-refractivity contribution in [2.45, 2.75) is 31.0 Å². The van der Waals surface area contributed by atoms with E-state index in [-0.39, 0.29) is 40.0 Å². The maximum atomic E-state index is 13.6. The van der Waals surface area contributed by atoms with Crippen molar-refractivity contribution >= 4 is 46.6 Å². The van der Waals surface area contributed by atoms with Gasteiger partial charge < -0.3 is 24.7 Å². The Morgan fingerprint density at radius 2 is 1.42 bits per heavy atom. The van der Waals surface area contributed by atoms with Crippen molar-refractivity contribution in [3.63, 3.8) is 0 Å². The first kappa shape index (κ1) is 29.7. The van der Waals surface area contributed by atoms with Gasteiger partial charge in [0.25, 0.3) is 0 Å². The number of benzene rings is 3. The minimum absolute atomic E-state index is 0.00220. The lowest BCUT2D eigenvalue weighted by atomic mass is 9.95. The zero-order valence-corrected chi connectivity index (χ0v) is 24.5. The molecular weight excluding hydrogens is 602 g/mol. The summed E-state index contributed by atoms with van der Waals surface area (Å²) in [4.78, 5) is 52.5. The van der Waals surface area contributed by atoms with E-state index in [1.54, 1.807) is 97.9 Å². The van der Waals surface area contributed by atoms with Crippen molar-refractivity contribution in [2.75, 3.05) is 12.3 Å². The van der Waals surface area contributed by atoms with Crippen LogP contribution in [0.4, 0.5) is 5.95 Å². The molecule has 3 heterocycles. The van der Waals surface area contributed by atoms with E-state index in [0.717, 1.165) is 0 Å². The molecule has 12 nitrogen and oxygen atoms in total. The van der Waals surface area contributed by atoms with Gasteiger partial charge in [-0.2, -0.15) is 9.97 Å². The molecule has 1 aliphatic rings. The number of carbonyl (C=O) groups excluding carboxylic acids is 3. The molecule has 0 bridgehead atoms. The Morgan fingerprint density at radius 1 is 0.867 bits per heavy atom. The second-order valence-corrected chi connectivity index (χ2v) is 10.7. The Labute approximate surface area is 261 Å². The number of carbonyl (C=O) groups is 3. The summed E-state index contributed by atoms with van der Waals surface area (Å²) >= 11 is 6.29. The van der Waals surface area contributed by atoms with Gasteiger partial charge in [0.15, 0.2) is 28.7 Å². The number of anilines is 1. The van der Waals surface area contributed by atoms with Crippen molar-refractivity contribution in [3.8, 4) is 0 Å². The van der Waals surface area contributed by atoms with Crippen LogP contribution in [0, 0.1) is 0 Å². The summed E-state index contributed by atoms with van der Waals surface area (Å²) in [7, 11) is 0. The molecule has 6 rings (SSSR count). The number of aromatic nitrogens is 4. The number of hydrogen-bond acceptors (Lipinski definition) is 11. The van der Waals surface area contributed by atoms with E-state index >= 15 is 0 Å². The minimum Gasteiger partial charge on any atom is -0.459 e. The molecule has 1 saturated heterocycles. The summed E-state index contributed by atoms with van der Waals surface area (Å²) in [6, 6.07) is 25.0. The molecule has 1 aliphatic heterocycles. The first-order chi connectivity index (χ1) is 21.7. The Bertz CT molecular complexity index is 1860. The van der Waals surface area contributed by atoms with Gasteiger partial charge in [-0.1, -0.05) is 66.2 Å². The molecule has 1 fully saturated rings. The first-order valence-corrected chi connectivity index (χ1v) is 14.2. The fraction of sp³-hybridized carbons (Fsp3) is 0.188. The molecule has 2 aromatic heterocycles. The van der Waals surface area contributed by atoms with Crippen molar-refractivity contribution in [2.24, 2.45) is 0 Å². The second kappa shape index (κ2) is 12.3. The number of hydrogen-bond donors (Lipinski definition) is 1. The summed E-state index contributed by atoms with van der Waals surface area (Å²) in [5.74, 6) is -2.18. The van der Waals surface area contributed by atoms with Crippen LogP contribution >= 0.6 is 11.6 Å². The zero-order chi connectivity index (χ0) is 31.6. The van der Waals surface area contributed by atoms with E-state index in [4.69, 9.17) is 36.3 Å². The quantitative estimate of drug-likeness (QED) is 0.145. The predicted molar refractivity (Wildman–Crippen MR) is 161 cm³/mol. The lowest BCUT2D eigenvalue weighted by Gasteiger charge is -2.34. The Morgan fingerprint density at radius 3 is 2.02 bits per heavy atom. The smallest absolute Gasteiger partial charge is 0.338 e. The van der Waals surface area contributed by atoms with E-state index < -0.39 is 41.9 Å². The number of ether oxygens (including phenoxy) is 4. The van der Waals surface area contributed by atoms with E-state index in [0.29, 0.717) is 5.56 Å². The molecule has 13 heteroatoms. The molecule has 45 heavy (non-hydrogen) atoms. The van der Waals surface area contributed by atoms with Crippen LogP contribution in [0.1, 0.15) is 44.2 Å². The molecule has 0 aliphatic carbocycles. The van der Waals surface area contributed by atoms with Crippen molar-refractivity contribution in [3.05, 3.63) is 119 Å². The molecule has 0 amide bonds. The summed E-state index contributed by atoms with van der Waals surface area (Å²) in [5, 5.41) is -0.00220. The van der Waals surface area contributed by atoms with Gasteiger partial charge >= 0.3 is 17.9 Å². The normalized spacial score (nSPS) is 20.9. The SMILES string of the molecule is CC1(OC(=O)c2ccccc2)C(OC(=O)c2ccccc2)[C@@H](COC(=O)c2ccccc2)OC1n1cnc2c(Cl)nc(N)nc21. The second-order valence-electron chi connectivity index (χ2n) is 10.3. The number of imidazole rings is 1. The van der Waals surface area contributed by atoms with Gasteiger partial charge in [-0.15, -0.1) is 0 Å². The highest BCUT2D eigenvalue weighted by molar-refractivity contribution is 6.33. The number of nitrogens with two attached hydrogens (primary N) is 1. The maximum absolute atomic E-state index is 13.6. The highest BCUT2D eigenvalue weighted by atomic mass is 35.5. The summed E-state index contributed by atoms with van der Waals surface area (Å²) in [5.41, 5.74) is 5.35. The van der Waals surface area contributed by atoms with Crippen LogP contribution in [0.15, 0.2) is 97.3 Å². The fourth-order valence-electron chi connectivity index (χ4n) is 5.13. The third-order valence-corrected chi connectivity index (χ3v) is 7.56. The van der Waals surface area contributed by atoms with Gasteiger partial charge in [-0.05, 0) is 43.3 Å². The number of nitrogens with zero attached hydrogens (tertiary/aromatic N) is 4. The van der Waals surface area contributed by atoms with Crippen LogP contribution in [-0.2, 0) is 18.9 Å². The summed E-state index contributed by atoms with van der Waals surface area (Å²) in [6.07, 6.45) is -2.25. The fourth-order valence-corrected chi connectivity index (χ4v) is 5.35. The third-order valence-electron chi connectivity index (χ3n) is 7.30. The van der Waals surface area contributed by atoms with Crippen LogP contribution in [0.5, 0.6) is 0 Å². The van der Waals surface area contributed by atoms with Gasteiger partial charge in [0, 0.05) is 0 Å². The maximum Gasteiger partial charge on any atom is 0.338 e. The number of esters is 3. The number of rotatable bonds is 8. The van der Waals surface area contributed by atoms with Crippen molar-refractivity contribution < 1.29 is 33.3 Å². The zero-order valence-electron chi connectivity index (χ0n) is 23.8. The average molecular weight is 628 g/mol. The Hall–Kier alpha value is -5.33. The molecule has 0 radical (unpaired) electrons. The standard InChI is InChI=1S/C32H26ClN5O7/c1-32(45-29(41)21-15-9-4-10-16-21)24(44-28(40)20-13-7-3-8-14-20)22(17-42-27(39)19-11-5-2-6-12-19)43-30(32)38-18-35-23-25(33)36-31(34)37-26(23)38/h2-16,18,22,24,30H,17H2,1H3,(H2,34,36,37)/t22-,24?,30?,32?/m1/s1. The molecule has 0 spiro atoms. The molecule has 3 unspecified atom stereocenters. The van der Waals surface area contributed by atoms with E-state index in [1.807, 2.05) is 0 Å². The van der Waals surface area contributed by atoms with Gasteiger partial charge in [0.2, 0.25) is 5.95 Å². The van der Waals surface area contributed by atoms with Crippen LogP contribution in [0.3, 0.4) is 0 Å². The number of nitrogen functional groups attached to an aromatic ring is 1. The molecule has 4 atom stereocenters. The van der Waals surface area contributed by atoms with Crippen LogP contribution in [-0.4, -0.2) is 61.8 Å². The largest absolute Gasteiger partial charge is 0.459 e. The van der Waals surface area contributed by atoms with Crippen LogP contribution in [0.25, 0.3) is 11.2 Å². The Kier molecular flexibility index (Phi) is 8.16. The first-order valence-electron chi connectivity index (χ1n) is 13.8. The highest BCUT2D eigenvalue weighted by Gasteiger charge is 2.60. The lowest BCUT2D eigenvalue weighted by Crippen LogP contribution is -2.50. The van der Waals surface area contributed by atoms with E-state index in [1.165, 1.54) is 10.9 Å². The monoisotopic (exact) mass is 627 g/mol. The highest BCUT2D eigenvalue weighted by Crippen LogP contribution is 2.45. The molecule has 228 valence electrons. The van der Waals surface area contributed by atoms with Gasteiger partial charge in [0.1, 0.15) is 18.2 Å². The van der Waals surface area contributed by atoms with Crippen molar-refractivity contribution in [1.29, 1.82) is 0 Å². The molecular formula is C32H26ClN5O7. The average Bonchev–Trinajstić information content (AvgIpc) is 3.59. The van der Waals surface area contributed by atoms with Gasteiger partial charge in [0.05, 0.1) is 23.0 Å². The molecule has 3 aromatic carbocycles. The lowest BCUT2D eigenvalue weighted by molar-refractivity contribution is -0.108. The predicted octanol–water partition coefficient (Wildman–Crippen LogP) is 4.66. The third kappa shape index (κ3) is 5.93. The van der Waals surface area contributed by atoms with Crippen LogP contribution in [0.2, 0.25) is 5.15 Å². The topological polar surface area (TPSA) is 158 Å². The van der Waals surface area contributed by atoms with E-state index in [2.05, 4.69) is 15.0 Å². The van der Waals surface area contributed by atoms with E-state index in [9.17, 15) is 14.4 Å². The van der Waals surface area contributed by atoms with Crippen LogP contribution < -0.4 is 5.73 Å². The van der Waals surface area contributed by atoms with Gasteiger partial charge in [-0.25, -0.2) is 19.4 Å². The van der Waals surface area contributed by atoms with Gasteiger partial charge in [-0.3, -0.25) is 4.57 Å². The Balaban J connectivity index is 1.43. The van der Waals surface area contributed by atoms with Crippen molar-refractivity contribution in [1.82, 2.24) is 19.5 Å².